The number of rotatable bonds is 4. The SMILES string of the molecule is CNc1nc(N[C@@H]2CCN(C)C[C@@H]2F)nc2[nH]cc(-c3ccn4nccc4n3)c12. The van der Waals surface area contributed by atoms with Crippen molar-refractivity contribution in [1.82, 2.24) is 34.4 Å². The van der Waals surface area contributed by atoms with Gasteiger partial charge in [-0.3, -0.25) is 0 Å². The molecule has 0 spiro atoms. The van der Waals surface area contributed by atoms with Crippen molar-refractivity contribution in [2.45, 2.75) is 18.6 Å². The minimum atomic E-state index is -0.961. The number of aromatic nitrogens is 6. The number of hydrogen-bond acceptors (Lipinski definition) is 7. The third-order valence-electron chi connectivity index (χ3n) is 5.36. The van der Waals surface area contributed by atoms with Crippen LogP contribution < -0.4 is 10.6 Å². The number of alkyl halides is 1. The number of anilines is 2. The van der Waals surface area contributed by atoms with Gasteiger partial charge in [0.1, 0.15) is 17.6 Å². The van der Waals surface area contributed by atoms with E-state index in [-0.39, 0.29) is 6.04 Å². The summed E-state index contributed by atoms with van der Waals surface area (Å²) >= 11 is 0. The van der Waals surface area contributed by atoms with Crippen LogP contribution in [0.5, 0.6) is 0 Å². The van der Waals surface area contributed by atoms with Crippen molar-refractivity contribution in [3.05, 3.63) is 30.7 Å². The summed E-state index contributed by atoms with van der Waals surface area (Å²) in [6.45, 7) is 1.25. The minimum Gasteiger partial charge on any atom is -0.372 e. The Kier molecular flexibility index (Phi) is 4.27. The van der Waals surface area contributed by atoms with Crippen LogP contribution in [0, 0.1) is 0 Å². The lowest BCUT2D eigenvalue weighted by Gasteiger charge is -2.32. The van der Waals surface area contributed by atoms with E-state index in [2.05, 4.69) is 35.7 Å². The topological polar surface area (TPSA) is 99.1 Å². The molecule has 29 heavy (non-hydrogen) atoms. The van der Waals surface area contributed by atoms with E-state index in [1.165, 1.54) is 0 Å². The Morgan fingerprint density at radius 2 is 2.14 bits per heavy atom. The molecule has 1 saturated heterocycles. The number of fused-ring (bicyclic) bond motifs is 2. The molecular weight excluding hydrogens is 373 g/mol. The highest BCUT2D eigenvalue weighted by molar-refractivity contribution is 6.00. The minimum absolute atomic E-state index is 0.297. The first kappa shape index (κ1) is 17.8. The standard InChI is InChI=1S/C19H22FN9/c1-21-17-16-11(13-5-8-29-15(24-13)3-6-23-29)9-22-18(16)27-19(26-17)25-14-4-7-28(2)10-12(14)20/h3,5-6,8-9,12,14H,4,7,10H2,1-2H3,(H3,21,22,25,26,27)/t12-,14+/m0/s1. The van der Waals surface area contributed by atoms with Gasteiger partial charge in [0.05, 0.1) is 23.3 Å². The van der Waals surface area contributed by atoms with Gasteiger partial charge in [-0.2, -0.15) is 15.1 Å². The number of H-pyrrole nitrogens is 1. The first-order valence-electron chi connectivity index (χ1n) is 9.59. The van der Waals surface area contributed by atoms with Gasteiger partial charge in [-0.05, 0) is 19.5 Å². The molecule has 3 N–H and O–H groups in total. The third kappa shape index (κ3) is 3.15. The molecule has 0 radical (unpaired) electrons. The van der Waals surface area contributed by atoms with Crippen molar-refractivity contribution in [2.75, 3.05) is 37.8 Å². The molecule has 1 aliphatic heterocycles. The van der Waals surface area contributed by atoms with Gasteiger partial charge < -0.3 is 20.5 Å². The summed E-state index contributed by atoms with van der Waals surface area (Å²) < 4.78 is 16.1. The van der Waals surface area contributed by atoms with Crippen LogP contribution in [-0.2, 0) is 0 Å². The largest absolute Gasteiger partial charge is 0.372 e. The lowest BCUT2D eigenvalue weighted by molar-refractivity contribution is 0.149. The van der Waals surface area contributed by atoms with Crippen molar-refractivity contribution < 1.29 is 4.39 Å². The number of nitrogens with zero attached hydrogens (tertiary/aromatic N) is 6. The first-order valence-corrected chi connectivity index (χ1v) is 9.59. The maximum Gasteiger partial charge on any atom is 0.226 e. The number of piperidine rings is 1. The highest BCUT2D eigenvalue weighted by Crippen LogP contribution is 2.32. The number of nitrogens with one attached hydrogen (secondary N) is 3. The summed E-state index contributed by atoms with van der Waals surface area (Å²) in [5, 5.41) is 11.3. The smallest absolute Gasteiger partial charge is 0.226 e. The Morgan fingerprint density at radius 3 is 2.97 bits per heavy atom. The number of likely N-dealkylation sites (tertiary alicyclic amines) is 1. The van der Waals surface area contributed by atoms with Crippen LogP contribution in [0.1, 0.15) is 6.42 Å². The molecule has 4 aromatic rings. The molecule has 10 heteroatoms. The quantitative estimate of drug-likeness (QED) is 0.487. The van der Waals surface area contributed by atoms with E-state index in [1.54, 1.807) is 10.7 Å². The predicted molar refractivity (Wildman–Crippen MR) is 110 cm³/mol. The molecule has 5 heterocycles. The fourth-order valence-corrected chi connectivity index (χ4v) is 3.83. The second-order valence-corrected chi connectivity index (χ2v) is 7.34. The molecule has 0 bridgehead atoms. The molecule has 1 fully saturated rings. The van der Waals surface area contributed by atoms with Gasteiger partial charge in [-0.1, -0.05) is 0 Å². The molecule has 5 rings (SSSR count). The molecule has 0 amide bonds. The van der Waals surface area contributed by atoms with Gasteiger partial charge in [0.2, 0.25) is 5.95 Å². The number of halogens is 1. The predicted octanol–water partition coefficient (Wildman–Crippen LogP) is 2.16. The molecule has 9 nitrogen and oxygen atoms in total. The summed E-state index contributed by atoms with van der Waals surface area (Å²) in [4.78, 5) is 19.0. The van der Waals surface area contributed by atoms with Crippen molar-refractivity contribution in [1.29, 1.82) is 0 Å². The molecule has 0 unspecified atom stereocenters. The molecule has 0 saturated carbocycles. The number of hydrogen-bond donors (Lipinski definition) is 3. The van der Waals surface area contributed by atoms with E-state index in [0.717, 1.165) is 28.8 Å². The van der Waals surface area contributed by atoms with E-state index >= 15 is 0 Å². The van der Waals surface area contributed by atoms with Crippen LogP contribution >= 0.6 is 0 Å². The molecule has 0 aromatic carbocycles. The lowest BCUT2D eigenvalue weighted by atomic mass is 10.0. The van der Waals surface area contributed by atoms with Crippen molar-refractivity contribution in [3.63, 3.8) is 0 Å². The average molecular weight is 395 g/mol. The monoisotopic (exact) mass is 395 g/mol. The van der Waals surface area contributed by atoms with E-state index in [1.807, 2.05) is 43.5 Å². The zero-order valence-electron chi connectivity index (χ0n) is 16.2. The van der Waals surface area contributed by atoms with Gasteiger partial charge in [-0.15, -0.1) is 0 Å². The van der Waals surface area contributed by atoms with Crippen LogP contribution in [0.25, 0.3) is 27.9 Å². The van der Waals surface area contributed by atoms with Crippen molar-refractivity contribution in [3.8, 4) is 11.3 Å². The van der Waals surface area contributed by atoms with Gasteiger partial charge >= 0.3 is 0 Å². The molecular formula is C19H22FN9. The van der Waals surface area contributed by atoms with Crippen molar-refractivity contribution >= 4 is 28.4 Å². The van der Waals surface area contributed by atoms with Crippen LogP contribution in [0.4, 0.5) is 16.2 Å². The lowest BCUT2D eigenvalue weighted by Crippen LogP contribution is -2.46. The fourth-order valence-electron chi connectivity index (χ4n) is 3.83. The summed E-state index contributed by atoms with van der Waals surface area (Å²) in [6.07, 6.45) is 5.19. The highest BCUT2D eigenvalue weighted by Gasteiger charge is 2.28. The maximum atomic E-state index is 14.4. The Morgan fingerprint density at radius 1 is 1.24 bits per heavy atom. The Balaban J connectivity index is 1.52. The van der Waals surface area contributed by atoms with Crippen LogP contribution in [0.2, 0.25) is 0 Å². The van der Waals surface area contributed by atoms with Gasteiger partial charge in [0.15, 0.2) is 5.65 Å². The maximum absolute atomic E-state index is 14.4. The van der Waals surface area contributed by atoms with Crippen LogP contribution in [0.3, 0.4) is 0 Å². The van der Waals surface area contributed by atoms with Crippen molar-refractivity contribution in [2.24, 2.45) is 0 Å². The van der Waals surface area contributed by atoms with Gasteiger partial charge in [0, 0.05) is 44.2 Å². The normalized spacial score (nSPS) is 20.4. The molecule has 2 atom stereocenters. The molecule has 4 aromatic heterocycles. The third-order valence-corrected chi connectivity index (χ3v) is 5.36. The molecule has 0 aliphatic carbocycles. The van der Waals surface area contributed by atoms with E-state index in [0.29, 0.717) is 30.4 Å². The molecule has 1 aliphatic rings. The Bertz CT molecular complexity index is 1170. The van der Waals surface area contributed by atoms with E-state index < -0.39 is 6.17 Å². The first-order chi connectivity index (χ1) is 14.1. The van der Waals surface area contributed by atoms with E-state index in [4.69, 9.17) is 0 Å². The Hall–Kier alpha value is -3.27. The zero-order valence-corrected chi connectivity index (χ0v) is 16.2. The fraction of sp³-hybridized carbons (Fsp3) is 0.368. The van der Waals surface area contributed by atoms with Crippen LogP contribution in [0.15, 0.2) is 30.7 Å². The second kappa shape index (κ2) is 6.96. The summed E-state index contributed by atoms with van der Waals surface area (Å²) in [5.74, 6) is 1.07. The summed E-state index contributed by atoms with van der Waals surface area (Å²) in [5.41, 5.74) is 3.12. The van der Waals surface area contributed by atoms with E-state index in [9.17, 15) is 4.39 Å². The van der Waals surface area contributed by atoms with Gasteiger partial charge in [0.25, 0.3) is 0 Å². The second-order valence-electron chi connectivity index (χ2n) is 7.34. The molecule has 150 valence electrons. The Labute approximate surface area is 166 Å². The zero-order chi connectivity index (χ0) is 20.0. The summed E-state index contributed by atoms with van der Waals surface area (Å²) in [6, 6.07) is 3.46. The van der Waals surface area contributed by atoms with Gasteiger partial charge in [-0.25, -0.2) is 13.9 Å². The highest BCUT2D eigenvalue weighted by atomic mass is 19.1. The summed E-state index contributed by atoms with van der Waals surface area (Å²) in [7, 11) is 3.74. The average Bonchev–Trinajstić information content (AvgIpc) is 3.35. The van der Waals surface area contributed by atoms with Crippen LogP contribution in [-0.4, -0.2) is 73.8 Å². The number of aromatic amines is 1.